The molecule has 1 saturated carbocycles. The van der Waals surface area contributed by atoms with Crippen LogP contribution in [0.3, 0.4) is 0 Å². The Morgan fingerprint density at radius 3 is 2.76 bits per heavy atom. The molecule has 1 aromatic rings. The van der Waals surface area contributed by atoms with Gasteiger partial charge in [0.2, 0.25) is 0 Å². The van der Waals surface area contributed by atoms with E-state index < -0.39 is 0 Å². The maximum Gasteiger partial charge on any atom is 0.0444 e. The summed E-state index contributed by atoms with van der Waals surface area (Å²) in [5, 5.41) is 3.78. The van der Waals surface area contributed by atoms with Gasteiger partial charge >= 0.3 is 0 Å². The Hall–Kier alpha value is -0.900. The zero-order valence-corrected chi connectivity index (χ0v) is 13.1. The molecule has 116 valence electrons. The Bertz CT molecular complexity index is 429. The van der Waals surface area contributed by atoms with Crippen molar-refractivity contribution in [1.82, 2.24) is 10.2 Å². The Kier molecular flexibility index (Phi) is 4.94. The fraction of sp³-hybridized carbons (Fsp3) is 0.667. The molecule has 3 N–H and O–H groups in total. The lowest BCUT2D eigenvalue weighted by Crippen LogP contribution is -2.53. The molecule has 1 aliphatic heterocycles. The highest BCUT2D eigenvalue weighted by Gasteiger charge is 2.36. The highest BCUT2D eigenvalue weighted by Crippen LogP contribution is 2.33. The van der Waals surface area contributed by atoms with Gasteiger partial charge in [-0.05, 0) is 37.3 Å². The van der Waals surface area contributed by atoms with Gasteiger partial charge in [0.05, 0.1) is 0 Å². The van der Waals surface area contributed by atoms with Crippen LogP contribution in [0.4, 0.5) is 0 Å². The molecule has 0 aromatic heterocycles. The molecule has 0 amide bonds. The van der Waals surface area contributed by atoms with Gasteiger partial charge in [0.15, 0.2) is 0 Å². The van der Waals surface area contributed by atoms with Crippen LogP contribution in [0.25, 0.3) is 0 Å². The third kappa shape index (κ3) is 4.29. The van der Waals surface area contributed by atoms with Crippen LogP contribution < -0.4 is 11.1 Å². The first-order chi connectivity index (χ1) is 10.3. The Labute approximate surface area is 128 Å². The Morgan fingerprint density at radius 2 is 2.05 bits per heavy atom. The summed E-state index contributed by atoms with van der Waals surface area (Å²) in [4.78, 5) is 2.54. The average Bonchev–Trinajstić information content (AvgIpc) is 3.26. The molecule has 2 aliphatic rings. The molecule has 2 fully saturated rings. The molecule has 1 aromatic carbocycles. The van der Waals surface area contributed by atoms with Crippen molar-refractivity contribution in [3.05, 3.63) is 35.9 Å². The van der Waals surface area contributed by atoms with Crippen molar-refractivity contribution in [2.24, 2.45) is 11.7 Å². The van der Waals surface area contributed by atoms with E-state index in [-0.39, 0.29) is 5.54 Å². The minimum absolute atomic E-state index is 0.151. The van der Waals surface area contributed by atoms with Crippen molar-refractivity contribution in [2.45, 2.75) is 44.2 Å². The van der Waals surface area contributed by atoms with Gasteiger partial charge in [0.1, 0.15) is 0 Å². The van der Waals surface area contributed by atoms with E-state index >= 15 is 0 Å². The van der Waals surface area contributed by atoms with Gasteiger partial charge in [-0.25, -0.2) is 0 Å². The van der Waals surface area contributed by atoms with Crippen LogP contribution in [-0.4, -0.2) is 36.6 Å². The van der Waals surface area contributed by atoms with Crippen molar-refractivity contribution in [3.8, 4) is 0 Å². The van der Waals surface area contributed by atoms with Gasteiger partial charge < -0.3 is 11.1 Å². The molecule has 1 heterocycles. The summed E-state index contributed by atoms with van der Waals surface area (Å²) in [6.45, 7) is 5.17. The molecule has 21 heavy (non-hydrogen) atoms. The fourth-order valence-corrected chi connectivity index (χ4v) is 3.47. The molecule has 1 unspecified atom stereocenters. The smallest absolute Gasteiger partial charge is 0.0444 e. The van der Waals surface area contributed by atoms with Crippen LogP contribution in [0.1, 0.15) is 37.7 Å². The predicted molar refractivity (Wildman–Crippen MR) is 88.1 cm³/mol. The first kappa shape index (κ1) is 15.0. The molecule has 3 heteroatoms. The topological polar surface area (TPSA) is 41.3 Å². The van der Waals surface area contributed by atoms with Crippen LogP contribution in [0.5, 0.6) is 0 Å². The quantitative estimate of drug-likeness (QED) is 0.721. The lowest BCUT2D eigenvalue weighted by atomic mass is 9.98. The van der Waals surface area contributed by atoms with E-state index in [4.69, 9.17) is 5.73 Å². The number of hydrogen-bond donors (Lipinski definition) is 2. The summed E-state index contributed by atoms with van der Waals surface area (Å²) in [5.41, 5.74) is 7.64. The van der Waals surface area contributed by atoms with Crippen LogP contribution in [0.2, 0.25) is 0 Å². The average molecular weight is 287 g/mol. The zero-order chi connectivity index (χ0) is 14.5. The van der Waals surface area contributed by atoms with Gasteiger partial charge in [-0.15, -0.1) is 0 Å². The van der Waals surface area contributed by atoms with Crippen molar-refractivity contribution >= 4 is 0 Å². The van der Waals surface area contributed by atoms with E-state index in [0.717, 1.165) is 38.6 Å². The number of nitrogens with one attached hydrogen (secondary N) is 1. The molecule has 3 rings (SSSR count). The fourth-order valence-electron chi connectivity index (χ4n) is 3.47. The second-order valence-corrected chi connectivity index (χ2v) is 6.94. The highest BCUT2D eigenvalue weighted by atomic mass is 15.2. The second-order valence-electron chi connectivity index (χ2n) is 6.94. The highest BCUT2D eigenvalue weighted by molar-refractivity contribution is 5.15. The van der Waals surface area contributed by atoms with Gasteiger partial charge in [-0.2, -0.15) is 0 Å². The summed E-state index contributed by atoms with van der Waals surface area (Å²) < 4.78 is 0. The molecular weight excluding hydrogens is 258 g/mol. The summed E-state index contributed by atoms with van der Waals surface area (Å²) in [6.07, 6.45) is 6.83. The first-order valence-corrected chi connectivity index (χ1v) is 8.51. The lowest BCUT2D eigenvalue weighted by Gasteiger charge is -2.29. The minimum atomic E-state index is 0.151. The predicted octanol–water partition coefficient (Wildman–Crippen LogP) is 2.37. The number of hydrogen-bond acceptors (Lipinski definition) is 3. The Balaban J connectivity index is 1.45. The number of rotatable bonds is 8. The number of nitrogens with two attached hydrogens (primary N) is 1. The van der Waals surface area contributed by atoms with Crippen molar-refractivity contribution in [2.75, 3.05) is 26.2 Å². The molecule has 0 spiro atoms. The second kappa shape index (κ2) is 6.91. The summed E-state index contributed by atoms with van der Waals surface area (Å²) in [6, 6.07) is 10.8. The van der Waals surface area contributed by atoms with Gasteiger partial charge in [0, 0.05) is 31.7 Å². The van der Waals surface area contributed by atoms with Gasteiger partial charge in [0.25, 0.3) is 0 Å². The minimum Gasteiger partial charge on any atom is -0.329 e. The van der Waals surface area contributed by atoms with E-state index in [2.05, 4.69) is 40.5 Å². The van der Waals surface area contributed by atoms with E-state index in [1.807, 2.05) is 0 Å². The maximum absolute atomic E-state index is 6.09. The van der Waals surface area contributed by atoms with Crippen molar-refractivity contribution < 1.29 is 0 Å². The third-order valence-corrected chi connectivity index (χ3v) is 5.06. The summed E-state index contributed by atoms with van der Waals surface area (Å²) >= 11 is 0. The van der Waals surface area contributed by atoms with Crippen molar-refractivity contribution in [3.63, 3.8) is 0 Å². The van der Waals surface area contributed by atoms with Crippen LogP contribution >= 0.6 is 0 Å². The molecule has 1 saturated heterocycles. The van der Waals surface area contributed by atoms with Gasteiger partial charge in [-0.3, -0.25) is 4.90 Å². The number of likely N-dealkylation sites (tertiary alicyclic amines) is 1. The van der Waals surface area contributed by atoms with E-state index in [9.17, 15) is 0 Å². The third-order valence-electron chi connectivity index (χ3n) is 5.06. The largest absolute Gasteiger partial charge is 0.329 e. The molecule has 0 radical (unpaired) electrons. The Morgan fingerprint density at radius 1 is 1.24 bits per heavy atom. The molecule has 3 nitrogen and oxygen atoms in total. The van der Waals surface area contributed by atoms with Crippen LogP contribution in [0, 0.1) is 5.92 Å². The summed E-state index contributed by atoms with van der Waals surface area (Å²) in [5.74, 6) is 1.04. The first-order valence-electron chi connectivity index (χ1n) is 8.51. The molecule has 0 bridgehead atoms. The normalized spacial score (nSPS) is 26.3. The van der Waals surface area contributed by atoms with E-state index in [1.54, 1.807) is 0 Å². The van der Waals surface area contributed by atoms with E-state index in [0.29, 0.717) is 0 Å². The monoisotopic (exact) mass is 287 g/mol. The van der Waals surface area contributed by atoms with E-state index in [1.165, 1.54) is 37.7 Å². The standard InChI is InChI=1S/C18H29N3/c19-14-18(20-11-4-7-16-8-9-16)10-12-21(15-18)13-17-5-2-1-3-6-17/h1-3,5-6,16,20H,4,7-15,19H2. The van der Waals surface area contributed by atoms with Gasteiger partial charge in [-0.1, -0.05) is 43.2 Å². The van der Waals surface area contributed by atoms with Crippen LogP contribution in [-0.2, 0) is 6.54 Å². The zero-order valence-electron chi connectivity index (χ0n) is 13.1. The number of nitrogens with zero attached hydrogens (tertiary/aromatic N) is 1. The maximum atomic E-state index is 6.09. The molecular formula is C18H29N3. The number of benzene rings is 1. The summed E-state index contributed by atoms with van der Waals surface area (Å²) in [7, 11) is 0. The van der Waals surface area contributed by atoms with Crippen LogP contribution in [0.15, 0.2) is 30.3 Å². The molecule has 1 atom stereocenters. The lowest BCUT2D eigenvalue weighted by molar-refractivity contribution is 0.276. The SMILES string of the molecule is NCC1(NCCCC2CC2)CCN(Cc2ccccc2)C1. The van der Waals surface area contributed by atoms with Crippen molar-refractivity contribution in [1.29, 1.82) is 0 Å². The molecule has 1 aliphatic carbocycles.